The third kappa shape index (κ3) is 5.61. The van der Waals surface area contributed by atoms with Crippen LogP contribution >= 0.6 is 0 Å². The first-order chi connectivity index (χ1) is 15.5. The molecule has 1 atom stereocenters. The summed E-state index contributed by atoms with van der Waals surface area (Å²) in [5, 5.41) is 9.33. The van der Waals surface area contributed by atoms with Crippen LogP contribution in [0.2, 0.25) is 0 Å². The SMILES string of the molecule is CC(C)C(C(=O)OCc1ccccc1)N(C=O)Cc1ccc(-c2ccccc2C#N)cc1. The van der Waals surface area contributed by atoms with Crippen molar-refractivity contribution in [2.24, 2.45) is 5.92 Å². The molecule has 32 heavy (non-hydrogen) atoms. The summed E-state index contributed by atoms with van der Waals surface area (Å²) < 4.78 is 5.50. The average molecular weight is 427 g/mol. The van der Waals surface area contributed by atoms with Gasteiger partial charge in [-0.15, -0.1) is 0 Å². The van der Waals surface area contributed by atoms with E-state index in [1.165, 1.54) is 4.90 Å². The van der Waals surface area contributed by atoms with E-state index in [4.69, 9.17) is 4.74 Å². The third-order valence-corrected chi connectivity index (χ3v) is 5.27. The molecule has 0 saturated heterocycles. The van der Waals surface area contributed by atoms with Crippen LogP contribution in [0.15, 0.2) is 78.9 Å². The number of nitriles is 1. The predicted octanol–water partition coefficient (Wildman–Crippen LogP) is 4.95. The van der Waals surface area contributed by atoms with Gasteiger partial charge in [0.15, 0.2) is 0 Å². The van der Waals surface area contributed by atoms with Crippen LogP contribution in [0, 0.1) is 17.2 Å². The molecular weight excluding hydrogens is 400 g/mol. The molecule has 1 amide bonds. The highest BCUT2D eigenvalue weighted by molar-refractivity contribution is 5.78. The van der Waals surface area contributed by atoms with E-state index in [9.17, 15) is 14.9 Å². The van der Waals surface area contributed by atoms with Gasteiger partial charge in [-0.25, -0.2) is 4.79 Å². The lowest BCUT2D eigenvalue weighted by atomic mass is 9.98. The molecule has 0 fully saturated rings. The lowest BCUT2D eigenvalue weighted by Gasteiger charge is -2.29. The average Bonchev–Trinajstić information content (AvgIpc) is 2.83. The van der Waals surface area contributed by atoms with Gasteiger partial charge in [0.25, 0.3) is 0 Å². The van der Waals surface area contributed by atoms with Crippen molar-refractivity contribution in [3.05, 3.63) is 95.6 Å². The third-order valence-electron chi connectivity index (χ3n) is 5.27. The van der Waals surface area contributed by atoms with Gasteiger partial charge < -0.3 is 9.64 Å². The highest BCUT2D eigenvalue weighted by Crippen LogP contribution is 2.24. The second kappa shape index (κ2) is 10.9. The summed E-state index contributed by atoms with van der Waals surface area (Å²) in [4.78, 5) is 26.2. The van der Waals surface area contributed by atoms with E-state index in [1.807, 2.05) is 86.6 Å². The number of ether oxygens (including phenoxy) is 1. The summed E-state index contributed by atoms with van der Waals surface area (Å²) in [5.41, 5.74) is 4.17. The summed E-state index contributed by atoms with van der Waals surface area (Å²) in [6.07, 6.45) is 0.702. The van der Waals surface area contributed by atoms with E-state index in [0.29, 0.717) is 12.0 Å². The summed E-state index contributed by atoms with van der Waals surface area (Å²) in [5.74, 6) is -0.527. The molecule has 0 spiro atoms. The Bertz CT molecular complexity index is 1090. The van der Waals surface area contributed by atoms with Crippen molar-refractivity contribution in [2.75, 3.05) is 0 Å². The molecule has 0 aliphatic heterocycles. The number of hydrogen-bond acceptors (Lipinski definition) is 4. The fourth-order valence-electron chi connectivity index (χ4n) is 3.64. The Labute approximate surface area is 188 Å². The Balaban J connectivity index is 1.72. The molecule has 0 aromatic heterocycles. The molecule has 3 aromatic carbocycles. The summed E-state index contributed by atoms with van der Waals surface area (Å²) in [6.45, 7) is 4.25. The van der Waals surface area contributed by atoms with Crippen LogP contribution in [0.25, 0.3) is 11.1 Å². The highest BCUT2D eigenvalue weighted by Gasteiger charge is 2.30. The van der Waals surface area contributed by atoms with E-state index in [-0.39, 0.29) is 19.1 Å². The number of carbonyl (C=O) groups excluding carboxylic acids is 2. The highest BCUT2D eigenvalue weighted by atomic mass is 16.5. The van der Waals surface area contributed by atoms with Crippen molar-refractivity contribution in [1.29, 1.82) is 5.26 Å². The molecule has 0 saturated carbocycles. The zero-order valence-electron chi connectivity index (χ0n) is 18.3. The molecule has 5 nitrogen and oxygen atoms in total. The number of amides is 1. The van der Waals surface area contributed by atoms with Gasteiger partial charge in [0, 0.05) is 6.54 Å². The van der Waals surface area contributed by atoms with Gasteiger partial charge >= 0.3 is 5.97 Å². The molecule has 0 bridgehead atoms. The van der Waals surface area contributed by atoms with Gasteiger partial charge in [0.1, 0.15) is 12.6 Å². The van der Waals surface area contributed by atoms with Crippen LogP contribution in [-0.2, 0) is 27.5 Å². The first-order valence-corrected chi connectivity index (χ1v) is 10.5. The minimum Gasteiger partial charge on any atom is -0.459 e. The molecule has 5 heteroatoms. The molecule has 0 aliphatic rings. The Hall–Kier alpha value is -3.91. The van der Waals surface area contributed by atoms with Gasteiger partial charge in [0.05, 0.1) is 11.6 Å². The Kier molecular flexibility index (Phi) is 7.77. The van der Waals surface area contributed by atoms with Crippen LogP contribution in [-0.4, -0.2) is 23.3 Å². The van der Waals surface area contributed by atoms with Gasteiger partial charge in [-0.05, 0) is 34.2 Å². The van der Waals surface area contributed by atoms with E-state index < -0.39 is 12.0 Å². The minimum atomic E-state index is -0.685. The smallest absolute Gasteiger partial charge is 0.329 e. The second-order valence-corrected chi connectivity index (χ2v) is 7.91. The van der Waals surface area contributed by atoms with Crippen molar-refractivity contribution >= 4 is 12.4 Å². The molecule has 3 rings (SSSR count). The predicted molar refractivity (Wildman–Crippen MR) is 123 cm³/mol. The van der Waals surface area contributed by atoms with Gasteiger partial charge in [0.2, 0.25) is 6.41 Å². The van der Waals surface area contributed by atoms with E-state index in [2.05, 4.69) is 6.07 Å². The van der Waals surface area contributed by atoms with E-state index in [1.54, 1.807) is 6.07 Å². The quantitative estimate of drug-likeness (QED) is 0.358. The lowest BCUT2D eigenvalue weighted by molar-refractivity contribution is -0.156. The topological polar surface area (TPSA) is 70.4 Å². The molecular formula is C27H26N2O3. The van der Waals surface area contributed by atoms with Crippen molar-refractivity contribution in [1.82, 2.24) is 4.90 Å². The Morgan fingerprint density at radius 2 is 1.62 bits per heavy atom. The zero-order chi connectivity index (χ0) is 22.9. The number of esters is 1. The molecule has 0 radical (unpaired) electrons. The number of benzene rings is 3. The van der Waals surface area contributed by atoms with Crippen LogP contribution in [0.1, 0.15) is 30.5 Å². The fourth-order valence-corrected chi connectivity index (χ4v) is 3.64. The van der Waals surface area contributed by atoms with Gasteiger partial charge in [-0.2, -0.15) is 5.26 Å². The van der Waals surface area contributed by atoms with Crippen molar-refractivity contribution in [2.45, 2.75) is 33.0 Å². The van der Waals surface area contributed by atoms with Crippen LogP contribution in [0.4, 0.5) is 0 Å². The van der Waals surface area contributed by atoms with Crippen molar-refractivity contribution < 1.29 is 14.3 Å². The van der Waals surface area contributed by atoms with Gasteiger partial charge in [-0.3, -0.25) is 4.79 Å². The van der Waals surface area contributed by atoms with Crippen LogP contribution < -0.4 is 0 Å². The van der Waals surface area contributed by atoms with E-state index >= 15 is 0 Å². The normalized spacial score (nSPS) is 11.4. The number of hydrogen-bond donors (Lipinski definition) is 0. The molecule has 0 heterocycles. The lowest BCUT2D eigenvalue weighted by Crippen LogP contribution is -2.44. The summed E-state index contributed by atoms with van der Waals surface area (Å²) >= 11 is 0. The maximum Gasteiger partial charge on any atom is 0.329 e. The first-order valence-electron chi connectivity index (χ1n) is 10.5. The summed E-state index contributed by atoms with van der Waals surface area (Å²) in [6, 6.07) is 26.1. The van der Waals surface area contributed by atoms with Gasteiger partial charge in [-0.1, -0.05) is 86.6 Å². The standard InChI is InChI=1S/C27H26N2O3/c1-20(2)26(27(31)32-18-22-8-4-3-5-9-22)29(19-30)17-21-12-14-23(15-13-21)25-11-7-6-10-24(25)16-28/h3-15,19-20,26H,17-18H2,1-2H3. The minimum absolute atomic E-state index is 0.106. The van der Waals surface area contributed by atoms with E-state index in [0.717, 1.165) is 22.3 Å². The maximum atomic E-state index is 12.8. The molecule has 3 aromatic rings. The molecule has 0 N–H and O–H groups in total. The molecule has 162 valence electrons. The monoisotopic (exact) mass is 426 g/mol. The summed E-state index contributed by atoms with van der Waals surface area (Å²) in [7, 11) is 0. The number of nitrogens with zero attached hydrogens (tertiary/aromatic N) is 2. The molecule has 0 aliphatic carbocycles. The number of carbonyl (C=O) groups is 2. The maximum absolute atomic E-state index is 12.8. The molecule has 1 unspecified atom stereocenters. The van der Waals surface area contributed by atoms with Crippen molar-refractivity contribution in [3.63, 3.8) is 0 Å². The first kappa shape index (κ1) is 22.8. The zero-order valence-corrected chi connectivity index (χ0v) is 18.3. The number of rotatable bonds is 9. The fraction of sp³-hybridized carbons (Fsp3) is 0.222. The largest absolute Gasteiger partial charge is 0.459 e. The second-order valence-electron chi connectivity index (χ2n) is 7.91. The van der Waals surface area contributed by atoms with Crippen molar-refractivity contribution in [3.8, 4) is 17.2 Å². The Morgan fingerprint density at radius 1 is 0.969 bits per heavy atom. The van der Waals surface area contributed by atoms with Crippen LogP contribution in [0.3, 0.4) is 0 Å². The van der Waals surface area contributed by atoms with Crippen LogP contribution in [0.5, 0.6) is 0 Å². The Morgan fingerprint density at radius 3 is 2.25 bits per heavy atom.